The van der Waals surface area contributed by atoms with Crippen molar-refractivity contribution < 1.29 is 17.2 Å². The Balaban J connectivity index is 1.54. The average molecular weight is 530 g/mol. The number of alkyl halides is 2. The van der Waals surface area contributed by atoms with Crippen molar-refractivity contribution in [2.75, 3.05) is 5.73 Å². The molecule has 4 aromatic rings. The Kier molecular flexibility index (Phi) is 6.48. The third-order valence-electron chi connectivity index (χ3n) is 6.03. The molecule has 0 atom stereocenters. The number of nitrogens with zero attached hydrogens (tertiary/aromatic N) is 4. The smallest absolute Gasteiger partial charge is 0.333 e. The maximum absolute atomic E-state index is 13.6. The molecule has 2 N–H and O–H groups in total. The maximum atomic E-state index is 13.6. The van der Waals surface area contributed by atoms with E-state index < -0.39 is 16.4 Å². The molecule has 0 aliphatic heterocycles. The van der Waals surface area contributed by atoms with Crippen LogP contribution in [0.4, 0.5) is 14.7 Å². The lowest BCUT2D eigenvalue weighted by molar-refractivity contribution is 0.0567. The molecule has 36 heavy (non-hydrogen) atoms. The van der Waals surface area contributed by atoms with Crippen molar-refractivity contribution >= 4 is 27.4 Å². The lowest BCUT2D eigenvalue weighted by Gasteiger charge is -2.12. The lowest BCUT2D eigenvalue weighted by Crippen LogP contribution is -2.06. The van der Waals surface area contributed by atoms with Gasteiger partial charge in [-0.15, -0.1) is 0 Å². The van der Waals surface area contributed by atoms with E-state index in [1.807, 2.05) is 18.2 Å². The number of sulfone groups is 1. The first-order chi connectivity index (χ1) is 17.2. The minimum absolute atomic E-state index is 0.0711. The number of halogens is 3. The molecule has 1 saturated carbocycles. The molecule has 1 aliphatic rings. The summed E-state index contributed by atoms with van der Waals surface area (Å²) in [7, 11) is -3.55. The Bertz CT molecular complexity index is 1500. The first kappa shape index (κ1) is 24.3. The quantitative estimate of drug-likeness (QED) is 0.306. The molecule has 0 radical (unpaired) electrons. The van der Waals surface area contributed by atoms with E-state index in [0.717, 1.165) is 24.0 Å². The van der Waals surface area contributed by atoms with Gasteiger partial charge in [-0.05, 0) is 47.6 Å². The number of hydrogen-bond donors (Lipinski definition) is 1. The van der Waals surface area contributed by atoms with Crippen molar-refractivity contribution in [1.82, 2.24) is 19.7 Å². The molecule has 2 aromatic carbocycles. The standard InChI is InChI=1S/C25H22ClF2N5O2S/c26-22-12-21(30-25(29)31-22)23-18(13-33(32-23)24(27)28)11-17-10-15(6-9-20(17)16-7-8-16)14-36(34,35)19-4-2-1-3-5-19/h1-6,9-10,12-13,16,24H,7-8,11,14H2,(H2,29,30,31). The van der Waals surface area contributed by atoms with Gasteiger partial charge in [0.2, 0.25) is 5.95 Å². The molecule has 1 aliphatic carbocycles. The molecule has 7 nitrogen and oxygen atoms in total. The summed E-state index contributed by atoms with van der Waals surface area (Å²) in [4.78, 5) is 8.20. The Morgan fingerprint density at radius 2 is 1.81 bits per heavy atom. The molecule has 1 fully saturated rings. The highest BCUT2D eigenvalue weighted by atomic mass is 35.5. The van der Waals surface area contributed by atoms with Crippen molar-refractivity contribution in [2.24, 2.45) is 0 Å². The Labute approximate surface area is 211 Å². The molecule has 11 heteroatoms. The second-order valence-electron chi connectivity index (χ2n) is 8.75. The topological polar surface area (TPSA) is 104 Å². The van der Waals surface area contributed by atoms with Gasteiger partial charge in [-0.1, -0.05) is 48.0 Å². The molecule has 2 aromatic heterocycles. The summed E-state index contributed by atoms with van der Waals surface area (Å²) in [6, 6.07) is 15.3. The molecule has 186 valence electrons. The Morgan fingerprint density at radius 3 is 2.47 bits per heavy atom. The summed E-state index contributed by atoms with van der Waals surface area (Å²) in [5.74, 6) is 0.0928. The molecule has 0 saturated heterocycles. The number of rotatable bonds is 8. The molecule has 0 amide bonds. The van der Waals surface area contributed by atoms with Crippen molar-refractivity contribution in [1.29, 1.82) is 0 Å². The van der Waals surface area contributed by atoms with Crippen molar-refractivity contribution in [3.8, 4) is 11.4 Å². The minimum Gasteiger partial charge on any atom is -0.368 e. The van der Waals surface area contributed by atoms with Crippen LogP contribution in [0.1, 0.15) is 47.6 Å². The zero-order valence-electron chi connectivity index (χ0n) is 19.0. The normalized spacial score (nSPS) is 13.9. The van der Waals surface area contributed by atoms with Gasteiger partial charge < -0.3 is 5.73 Å². The number of nitrogen functional groups attached to an aromatic ring is 1. The molecule has 2 heterocycles. The van der Waals surface area contributed by atoms with Gasteiger partial charge in [-0.25, -0.2) is 23.1 Å². The van der Waals surface area contributed by atoms with E-state index in [9.17, 15) is 17.2 Å². The summed E-state index contributed by atoms with van der Waals surface area (Å²) >= 11 is 6.02. The highest BCUT2D eigenvalue weighted by molar-refractivity contribution is 7.90. The largest absolute Gasteiger partial charge is 0.368 e. The highest BCUT2D eigenvalue weighted by Gasteiger charge is 2.28. The first-order valence-corrected chi connectivity index (χ1v) is 13.3. The van der Waals surface area contributed by atoms with E-state index in [0.29, 0.717) is 21.7 Å². The number of hydrogen-bond acceptors (Lipinski definition) is 6. The third-order valence-corrected chi connectivity index (χ3v) is 7.92. The number of anilines is 1. The predicted molar refractivity (Wildman–Crippen MR) is 132 cm³/mol. The SMILES string of the molecule is Nc1nc(Cl)cc(-c2nn(C(F)F)cc2Cc2cc(CS(=O)(=O)c3ccccc3)ccc2C2CC2)n1. The maximum Gasteiger partial charge on any atom is 0.333 e. The van der Waals surface area contributed by atoms with Crippen LogP contribution in [-0.4, -0.2) is 28.2 Å². The average Bonchev–Trinajstić information content (AvgIpc) is 3.58. The summed E-state index contributed by atoms with van der Waals surface area (Å²) in [6.07, 6.45) is 3.58. The fourth-order valence-corrected chi connectivity index (χ4v) is 5.81. The summed E-state index contributed by atoms with van der Waals surface area (Å²) < 4.78 is 53.6. The van der Waals surface area contributed by atoms with Gasteiger partial charge in [0.05, 0.1) is 16.3 Å². The monoisotopic (exact) mass is 529 g/mol. The Hall–Kier alpha value is -3.37. The van der Waals surface area contributed by atoms with Crippen LogP contribution in [0.3, 0.4) is 0 Å². The summed E-state index contributed by atoms with van der Waals surface area (Å²) in [6.45, 7) is -2.85. The second kappa shape index (κ2) is 9.59. The van der Waals surface area contributed by atoms with Gasteiger partial charge in [0.25, 0.3) is 0 Å². The Morgan fingerprint density at radius 1 is 1.06 bits per heavy atom. The number of benzene rings is 2. The lowest BCUT2D eigenvalue weighted by atomic mass is 9.95. The number of aromatic nitrogens is 4. The van der Waals surface area contributed by atoms with Crippen molar-refractivity contribution in [2.45, 2.75) is 42.4 Å². The van der Waals surface area contributed by atoms with Crippen LogP contribution < -0.4 is 5.73 Å². The van der Waals surface area contributed by atoms with Gasteiger partial charge in [0.15, 0.2) is 9.84 Å². The molecule has 0 spiro atoms. The summed E-state index contributed by atoms with van der Waals surface area (Å²) in [5.41, 5.74) is 9.22. The van der Waals surface area contributed by atoms with Gasteiger partial charge in [0, 0.05) is 24.2 Å². The van der Waals surface area contributed by atoms with Crippen LogP contribution in [0.2, 0.25) is 5.15 Å². The molecular formula is C25H22ClF2N5O2S. The molecule has 0 unspecified atom stereocenters. The van der Waals surface area contributed by atoms with Crippen molar-refractivity contribution in [3.05, 3.63) is 88.2 Å². The zero-order valence-corrected chi connectivity index (χ0v) is 20.6. The zero-order chi connectivity index (χ0) is 25.4. The van der Waals surface area contributed by atoms with E-state index in [1.165, 1.54) is 12.3 Å². The molecule has 0 bridgehead atoms. The van der Waals surface area contributed by atoms with Gasteiger partial charge >= 0.3 is 6.55 Å². The third kappa shape index (κ3) is 5.24. The summed E-state index contributed by atoms with van der Waals surface area (Å²) in [5, 5.41) is 4.11. The van der Waals surface area contributed by atoms with Crippen LogP contribution in [0.25, 0.3) is 11.4 Å². The van der Waals surface area contributed by atoms with E-state index in [1.54, 1.807) is 30.3 Å². The highest BCUT2D eigenvalue weighted by Crippen LogP contribution is 2.43. The van der Waals surface area contributed by atoms with Crippen LogP contribution in [0.5, 0.6) is 0 Å². The predicted octanol–water partition coefficient (Wildman–Crippen LogP) is 5.41. The second-order valence-corrected chi connectivity index (χ2v) is 11.1. The van der Waals surface area contributed by atoms with E-state index in [-0.39, 0.29) is 39.6 Å². The minimum atomic E-state index is -3.55. The fourth-order valence-electron chi connectivity index (χ4n) is 4.26. The van der Waals surface area contributed by atoms with E-state index in [4.69, 9.17) is 17.3 Å². The van der Waals surface area contributed by atoms with Crippen LogP contribution >= 0.6 is 11.6 Å². The fraction of sp³-hybridized carbons (Fsp3) is 0.240. The van der Waals surface area contributed by atoms with E-state index >= 15 is 0 Å². The molecular weight excluding hydrogens is 508 g/mol. The van der Waals surface area contributed by atoms with E-state index in [2.05, 4.69) is 15.1 Å². The van der Waals surface area contributed by atoms with Crippen LogP contribution in [0.15, 0.2) is 65.7 Å². The van der Waals surface area contributed by atoms with Gasteiger partial charge in [-0.3, -0.25) is 0 Å². The van der Waals surface area contributed by atoms with Gasteiger partial charge in [0.1, 0.15) is 10.8 Å². The molecule has 5 rings (SSSR count). The van der Waals surface area contributed by atoms with Crippen LogP contribution in [-0.2, 0) is 22.0 Å². The number of nitrogens with two attached hydrogens (primary N) is 1. The first-order valence-electron chi connectivity index (χ1n) is 11.3. The van der Waals surface area contributed by atoms with Crippen LogP contribution in [0, 0.1) is 0 Å². The van der Waals surface area contributed by atoms with Crippen molar-refractivity contribution in [3.63, 3.8) is 0 Å². The van der Waals surface area contributed by atoms with Gasteiger partial charge in [-0.2, -0.15) is 13.9 Å².